The van der Waals surface area contributed by atoms with Crippen molar-refractivity contribution in [3.63, 3.8) is 0 Å². The molecule has 0 N–H and O–H groups in total. The Bertz CT molecular complexity index is 504. The van der Waals surface area contributed by atoms with Gasteiger partial charge in [-0.25, -0.2) is 0 Å². The van der Waals surface area contributed by atoms with Crippen LogP contribution in [0.2, 0.25) is 0 Å². The summed E-state index contributed by atoms with van der Waals surface area (Å²) in [5.74, 6) is 0. The summed E-state index contributed by atoms with van der Waals surface area (Å²) in [5.41, 5.74) is 0.553. The van der Waals surface area contributed by atoms with E-state index in [1.54, 1.807) is 0 Å². The average molecular weight is 288 g/mol. The minimum atomic E-state index is -1.70. The van der Waals surface area contributed by atoms with Gasteiger partial charge in [-0.3, -0.25) is 0 Å². The highest BCUT2D eigenvalue weighted by atomic mass is 32.4. The van der Waals surface area contributed by atoms with E-state index < -0.39 is 6.04 Å². The van der Waals surface area contributed by atoms with Gasteiger partial charge in [-0.15, -0.1) is 0 Å². The van der Waals surface area contributed by atoms with Crippen molar-refractivity contribution in [3.05, 3.63) is 60.7 Å². The smallest absolute Gasteiger partial charge is 0.0132 e. The molecular weight excluding hydrogens is 267 g/mol. The largest absolute Gasteiger partial charge is 0.0873 e. The lowest BCUT2D eigenvalue weighted by Crippen LogP contribution is -2.23. The maximum Gasteiger partial charge on any atom is 0.0132 e. The second-order valence-corrected chi connectivity index (χ2v) is 9.92. The summed E-state index contributed by atoms with van der Waals surface area (Å²) in [7, 11) is 0. The van der Waals surface area contributed by atoms with Crippen LogP contribution in [0.25, 0.3) is 0 Å². The molecule has 0 aromatic heterocycles. The first-order chi connectivity index (χ1) is 9.19. The fourth-order valence-corrected chi connectivity index (χ4v) is 6.77. The first-order valence-electron chi connectivity index (χ1n) is 6.90. The number of benzene rings is 2. The highest BCUT2D eigenvalue weighted by Gasteiger charge is 2.27. The van der Waals surface area contributed by atoms with Crippen LogP contribution in [0, 0.1) is 0 Å². The van der Waals surface area contributed by atoms with Crippen LogP contribution in [0.15, 0.2) is 60.7 Å². The first-order valence-corrected chi connectivity index (χ1v) is 9.77. The molecule has 2 heteroatoms. The zero-order valence-electron chi connectivity index (χ0n) is 11.6. The molecule has 0 radical (unpaired) electrons. The van der Waals surface area contributed by atoms with E-state index >= 15 is 0 Å². The third kappa shape index (κ3) is 2.99. The molecule has 1 unspecified atom stereocenters. The zero-order chi connectivity index (χ0) is 13.7. The van der Waals surface area contributed by atoms with Crippen molar-refractivity contribution in [2.75, 3.05) is 0 Å². The quantitative estimate of drug-likeness (QED) is 0.739. The zero-order valence-corrected chi connectivity index (χ0v) is 13.3. The van der Waals surface area contributed by atoms with Gasteiger partial charge >= 0.3 is 0 Å². The van der Waals surface area contributed by atoms with Crippen LogP contribution in [0.3, 0.4) is 0 Å². The Hall–Kier alpha value is -0.910. The summed E-state index contributed by atoms with van der Waals surface area (Å²) in [6.45, 7) is 4.57. The van der Waals surface area contributed by atoms with Gasteiger partial charge in [-0.2, -0.15) is 0 Å². The molecule has 2 aromatic rings. The first kappa shape index (κ1) is 14.5. The standard InChI is InChI=1S/C17H21PS/c1-3-10-15(2)18(19,16-11-6-4-7-12-16)17-13-8-5-9-14-17/h4-9,11-15H,3,10H2,1-2H3. The molecule has 0 saturated heterocycles. The van der Waals surface area contributed by atoms with Crippen molar-refractivity contribution in [1.82, 2.24) is 0 Å². The number of hydrogen-bond acceptors (Lipinski definition) is 1. The molecule has 1 atom stereocenters. The van der Waals surface area contributed by atoms with Gasteiger partial charge < -0.3 is 0 Å². The highest BCUT2D eigenvalue weighted by Crippen LogP contribution is 2.50. The van der Waals surface area contributed by atoms with Crippen LogP contribution in [-0.4, -0.2) is 5.66 Å². The molecule has 0 nitrogen and oxygen atoms in total. The van der Waals surface area contributed by atoms with Gasteiger partial charge in [0.2, 0.25) is 0 Å². The van der Waals surface area contributed by atoms with Crippen LogP contribution in [0.4, 0.5) is 0 Å². The molecule has 0 aliphatic rings. The summed E-state index contributed by atoms with van der Waals surface area (Å²) >= 11 is 6.23. The monoisotopic (exact) mass is 288 g/mol. The Morgan fingerprint density at radius 2 is 1.32 bits per heavy atom. The van der Waals surface area contributed by atoms with Crippen LogP contribution in [0.5, 0.6) is 0 Å². The lowest BCUT2D eigenvalue weighted by Gasteiger charge is -2.29. The molecule has 0 aliphatic heterocycles. The molecule has 0 fully saturated rings. The van der Waals surface area contributed by atoms with Crippen molar-refractivity contribution in [2.24, 2.45) is 0 Å². The van der Waals surface area contributed by atoms with Crippen molar-refractivity contribution >= 4 is 28.5 Å². The second-order valence-electron chi connectivity index (χ2n) is 4.97. The molecule has 2 rings (SSSR count). The molecule has 0 amide bonds. The maximum absolute atomic E-state index is 6.23. The third-order valence-corrected chi connectivity index (χ3v) is 9.58. The number of rotatable bonds is 5. The second kappa shape index (κ2) is 6.50. The fourth-order valence-electron chi connectivity index (χ4n) is 2.56. The minimum Gasteiger partial charge on any atom is -0.0873 e. The predicted octanol–water partition coefficient (Wildman–Crippen LogP) is 4.31. The van der Waals surface area contributed by atoms with E-state index in [4.69, 9.17) is 11.8 Å². The minimum absolute atomic E-state index is 0.553. The van der Waals surface area contributed by atoms with Crippen molar-refractivity contribution in [2.45, 2.75) is 32.3 Å². The van der Waals surface area contributed by atoms with E-state index in [9.17, 15) is 0 Å². The molecule has 0 spiro atoms. The van der Waals surface area contributed by atoms with Crippen LogP contribution in [0.1, 0.15) is 26.7 Å². The van der Waals surface area contributed by atoms with Crippen molar-refractivity contribution < 1.29 is 0 Å². The Morgan fingerprint density at radius 1 is 0.895 bits per heavy atom. The van der Waals surface area contributed by atoms with Gasteiger partial charge in [0.1, 0.15) is 0 Å². The van der Waals surface area contributed by atoms with Crippen LogP contribution in [-0.2, 0) is 11.8 Å². The van der Waals surface area contributed by atoms with Crippen LogP contribution >= 0.6 is 6.04 Å². The maximum atomic E-state index is 6.23. The predicted molar refractivity (Wildman–Crippen MR) is 90.8 cm³/mol. The summed E-state index contributed by atoms with van der Waals surface area (Å²) in [6.07, 6.45) is 2.39. The van der Waals surface area contributed by atoms with E-state index in [-0.39, 0.29) is 0 Å². The van der Waals surface area contributed by atoms with E-state index in [0.29, 0.717) is 5.66 Å². The molecule has 2 aromatic carbocycles. The molecule has 0 heterocycles. The fraction of sp³-hybridized carbons (Fsp3) is 0.294. The molecule has 0 aliphatic carbocycles. The summed E-state index contributed by atoms with van der Waals surface area (Å²) in [4.78, 5) is 0. The lowest BCUT2D eigenvalue weighted by atomic mass is 10.3. The molecular formula is C17H21PS. The topological polar surface area (TPSA) is 0 Å². The normalized spacial score (nSPS) is 13.2. The highest BCUT2D eigenvalue weighted by molar-refractivity contribution is 8.22. The third-order valence-electron chi connectivity index (χ3n) is 3.61. The molecule has 0 saturated carbocycles. The SMILES string of the molecule is CCCC(C)P(=S)(c1ccccc1)c1ccccc1. The van der Waals surface area contributed by atoms with Gasteiger partial charge in [-0.1, -0.05) is 92.7 Å². The van der Waals surface area contributed by atoms with E-state index in [1.807, 2.05) is 0 Å². The molecule has 100 valence electrons. The Kier molecular flexibility index (Phi) is 4.96. The van der Waals surface area contributed by atoms with E-state index in [1.165, 1.54) is 23.5 Å². The van der Waals surface area contributed by atoms with Crippen molar-refractivity contribution in [1.29, 1.82) is 0 Å². The Labute approximate surface area is 121 Å². The Balaban J connectivity index is 2.54. The summed E-state index contributed by atoms with van der Waals surface area (Å²) in [5, 5.41) is 2.69. The Morgan fingerprint density at radius 3 is 1.68 bits per heavy atom. The van der Waals surface area contributed by atoms with Gasteiger partial charge in [0.05, 0.1) is 0 Å². The van der Waals surface area contributed by atoms with Gasteiger partial charge in [0.25, 0.3) is 0 Å². The van der Waals surface area contributed by atoms with Crippen LogP contribution < -0.4 is 10.6 Å². The van der Waals surface area contributed by atoms with Gasteiger partial charge in [0.15, 0.2) is 0 Å². The number of hydrogen-bond donors (Lipinski definition) is 0. The lowest BCUT2D eigenvalue weighted by molar-refractivity contribution is 0.782. The van der Waals surface area contributed by atoms with E-state index in [0.717, 1.165) is 0 Å². The average Bonchev–Trinajstić information content (AvgIpc) is 2.48. The van der Waals surface area contributed by atoms with Crippen molar-refractivity contribution in [3.8, 4) is 0 Å². The summed E-state index contributed by atoms with van der Waals surface area (Å²) in [6, 6.07) is 19.7. The van der Waals surface area contributed by atoms with Gasteiger partial charge in [-0.05, 0) is 22.7 Å². The van der Waals surface area contributed by atoms with Gasteiger partial charge in [0, 0.05) is 6.04 Å². The summed E-state index contributed by atoms with van der Waals surface area (Å²) < 4.78 is 0. The van der Waals surface area contributed by atoms with E-state index in [2.05, 4.69) is 74.5 Å². The molecule has 0 bridgehead atoms. The molecule has 19 heavy (non-hydrogen) atoms.